The van der Waals surface area contributed by atoms with Crippen LogP contribution in [0.25, 0.3) is 0 Å². The maximum Gasteiger partial charge on any atom is 0.305 e. The van der Waals surface area contributed by atoms with Crippen molar-refractivity contribution in [3.8, 4) is 5.75 Å². The zero-order valence-corrected chi connectivity index (χ0v) is 8.86. The number of hydrogen-bond acceptors (Lipinski definition) is 3. The number of benzene rings is 1. The molecule has 0 fully saturated rings. The molecule has 0 aromatic heterocycles. The lowest BCUT2D eigenvalue weighted by Gasteiger charge is -2.05. The van der Waals surface area contributed by atoms with Gasteiger partial charge in [0.25, 0.3) is 0 Å². The Morgan fingerprint density at radius 3 is 2.80 bits per heavy atom. The van der Waals surface area contributed by atoms with Crippen molar-refractivity contribution in [1.29, 1.82) is 0 Å². The second-order valence-electron chi connectivity index (χ2n) is 3.14. The molecule has 1 aromatic carbocycles. The Kier molecular flexibility index (Phi) is 4.63. The first-order valence-corrected chi connectivity index (χ1v) is 4.84. The van der Waals surface area contributed by atoms with Crippen LogP contribution < -0.4 is 10.5 Å². The third-order valence-corrected chi connectivity index (χ3v) is 1.98. The van der Waals surface area contributed by atoms with Crippen LogP contribution in [-0.2, 0) is 9.53 Å². The third kappa shape index (κ3) is 3.99. The lowest BCUT2D eigenvalue weighted by atomic mass is 10.3. The highest BCUT2D eigenvalue weighted by Gasteiger charge is 2.03. The molecule has 0 aliphatic heterocycles. The van der Waals surface area contributed by atoms with Crippen LogP contribution in [0.3, 0.4) is 0 Å². The number of carbonyl (C=O) groups excluding carboxylic acids is 1. The zero-order valence-electron chi connectivity index (χ0n) is 8.86. The van der Waals surface area contributed by atoms with Gasteiger partial charge in [0, 0.05) is 12.5 Å². The molecule has 1 aromatic rings. The lowest BCUT2D eigenvalue weighted by molar-refractivity contribution is -0.256. The molecule has 0 amide bonds. The van der Waals surface area contributed by atoms with Crippen LogP contribution in [0.4, 0.5) is 5.69 Å². The molecule has 4 nitrogen and oxygen atoms in total. The number of rotatable bonds is 5. The first-order chi connectivity index (χ1) is 7.24. The predicted octanol–water partition coefficient (Wildman–Crippen LogP) is 0.892. The van der Waals surface area contributed by atoms with E-state index in [2.05, 4.69) is 10.5 Å². The summed E-state index contributed by atoms with van der Waals surface area (Å²) in [5.74, 6) is 0.559. The SMILES string of the molecule is COC(=O)CCCOc1ccccc1[NH3+]. The smallest absolute Gasteiger partial charge is 0.305 e. The van der Waals surface area contributed by atoms with E-state index in [1.807, 2.05) is 24.3 Å². The molecule has 0 spiro atoms. The molecule has 82 valence electrons. The minimum atomic E-state index is -0.207. The van der Waals surface area contributed by atoms with Crippen molar-refractivity contribution in [2.75, 3.05) is 13.7 Å². The average Bonchev–Trinajstić information content (AvgIpc) is 2.26. The minimum absolute atomic E-state index is 0.207. The molecule has 1 rings (SSSR count). The summed E-state index contributed by atoms with van der Waals surface area (Å²) >= 11 is 0. The van der Waals surface area contributed by atoms with E-state index in [-0.39, 0.29) is 5.97 Å². The first kappa shape index (κ1) is 11.5. The molecule has 0 atom stereocenters. The molecule has 4 heteroatoms. The molecular weight excluding hydrogens is 194 g/mol. The number of methoxy groups -OCH3 is 1. The van der Waals surface area contributed by atoms with Gasteiger partial charge in [-0.3, -0.25) is 4.79 Å². The van der Waals surface area contributed by atoms with E-state index in [4.69, 9.17) is 4.74 Å². The Hall–Kier alpha value is -1.55. The van der Waals surface area contributed by atoms with Crippen molar-refractivity contribution in [3.05, 3.63) is 24.3 Å². The minimum Gasteiger partial charge on any atom is -0.487 e. The molecule has 0 heterocycles. The van der Waals surface area contributed by atoms with Crippen molar-refractivity contribution < 1.29 is 20.0 Å². The molecular formula is C11H16NO3+. The average molecular weight is 210 g/mol. The van der Waals surface area contributed by atoms with Crippen LogP contribution in [0.2, 0.25) is 0 Å². The maximum atomic E-state index is 10.8. The maximum absolute atomic E-state index is 10.8. The Balaban J connectivity index is 2.26. The number of carbonyl (C=O) groups is 1. The van der Waals surface area contributed by atoms with Gasteiger partial charge in [-0.15, -0.1) is 0 Å². The number of ether oxygens (including phenoxy) is 2. The predicted molar refractivity (Wildman–Crippen MR) is 55.7 cm³/mol. The summed E-state index contributed by atoms with van der Waals surface area (Å²) in [6, 6.07) is 7.55. The molecule has 0 bridgehead atoms. The fourth-order valence-electron chi connectivity index (χ4n) is 1.15. The third-order valence-electron chi connectivity index (χ3n) is 1.98. The summed E-state index contributed by atoms with van der Waals surface area (Å²) in [5.41, 5.74) is 4.69. The Labute approximate surface area is 89.0 Å². The normalized spacial score (nSPS) is 9.73. The number of quaternary nitrogens is 1. The van der Waals surface area contributed by atoms with Crippen molar-refractivity contribution >= 4 is 11.7 Å². The highest BCUT2D eigenvalue weighted by molar-refractivity contribution is 5.69. The van der Waals surface area contributed by atoms with Gasteiger partial charge in [-0.2, -0.15) is 0 Å². The Morgan fingerprint density at radius 1 is 1.40 bits per heavy atom. The van der Waals surface area contributed by atoms with Gasteiger partial charge in [0.2, 0.25) is 0 Å². The van der Waals surface area contributed by atoms with E-state index in [0.717, 1.165) is 11.4 Å². The van der Waals surface area contributed by atoms with Crippen LogP contribution >= 0.6 is 0 Å². The van der Waals surface area contributed by atoms with E-state index in [1.165, 1.54) is 7.11 Å². The fraction of sp³-hybridized carbons (Fsp3) is 0.364. The van der Waals surface area contributed by atoms with Crippen LogP contribution in [0, 0.1) is 0 Å². The number of para-hydroxylation sites is 1. The largest absolute Gasteiger partial charge is 0.487 e. The van der Waals surface area contributed by atoms with Crippen LogP contribution in [-0.4, -0.2) is 19.7 Å². The van der Waals surface area contributed by atoms with Gasteiger partial charge in [0.05, 0.1) is 13.7 Å². The van der Waals surface area contributed by atoms with Gasteiger partial charge in [-0.25, -0.2) is 0 Å². The summed E-state index contributed by atoms with van der Waals surface area (Å²) in [5, 5.41) is 0. The standard InChI is InChI=1S/C11H15NO3/c1-14-11(13)7-4-8-15-10-6-3-2-5-9(10)12/h2-3,5-6H,4,7-8,12H2,1H3/p+1. The van der Waals surface area contributed by atoms with E-state index < -0.39 is 0 Å². The summed E-state index contributed by atoms with van der Waals surface area (Å²) in [6.07, 6.45) is 1.04. The van der Waals surface area contributed by atoms with Crippen molar-refractivity contribution in [2.45, 2.75) is 12.8 Å². The summed E-state index contributed by atoms with van der Waals surface area (Å²) in [4.78, 5) is 10.8. The first-order valence-electron chi connectivity index (χ1n) is 4.84. The Bertz CT molecular complexity index is 325. The van der Waals surface area contributed by atoms with Gasteiger partial charge in [0.1, 0.15) is 0 Å². The monoisotopic (exact) mass is 210 g/mol. The molecule has 0 radical (unpaired) electrons. The second kappa shape index (κ2) is 6.03. The van der Waals surface area contributed by atoms with Crippen molar-refractivity contribution in [2.24, 2.45) is 0 Å². The van der Waals surface area contributed by atoms with Crippen LogP contribution in [0.15, 0.2) is 24.3 Å². The highest BCUT2D eigenvalue weighted by atomic mass is 16.5. The summed E-state index contributed by atoms with van der Waals surface area (Å²) in [6.45, 7) is 0.502. The molecule has 15 heavy (non-hydrogen) atoms. The van der Waals surface area contributed by atoms with Crippen molar-refractivity contribution in [3.63, 3.8) is 0 Å². The Morgan fingerprint density at radius 2 is 2.13 bits per heavy atom. The highest BCUT2D eigenvalue weighted by Crippen LogP contribution is 2.18. The molecule has 0 aliphatic rings. The van der Waals surface area contributed by atoms with Gasteiger partial charge in [0.15, 0.2) is 11.4 Å². The van der Waals surface area contributed by atoms with Gasteiger partial charge in [-0.1, -0.05) is 12.1 Å². The van der Waals surface area contributed by atoms with Crippen LogP contribution in [0.1, 0.15) is 12.8 Å². The van der Waals surface area contributed by atoms with Gasteiger partial charge in [-0.05, 0) is 12.5 Å². The molecule has 0 unspecified atom stereocenters. The van der Waals surface area contributed by atoms with Gasteiger partial charge >= 0.3 is 5.97 Å². The summed E-state index contributed by atoms with van der Waals surface area (Å²) in [7, 11) is 1.38. The lowest BCUT2D eigenvalue weighted by Crippen LogP contribution is -2.40. The molecule has 0 aliphatic carbocycles. The number of esters is 1. The number of hydrogen-bond donors (Lipinski definition) is 1. The van der Waals surface area contributed by atoms with Gasteiger partial charge < -0.3 is 15.2 Å². The molecule has 0 saturated heterocycles. The van der Waals surface area contributed by atoms with E-state index in [0.29, 0.717) is 19.4 Å². The van der Waals surface area contributed by atoms with E-state index >= 15 is 0 Å². The quantitative estimate of drug-likeness (QED) is 0.580. The van der Waals surface area contributed by atoms with E-state index in [9.17, 15) is 4.79 Å². The summed E-state index contributed by atoms with van der Waals surface area (Å²) < 4.78 is 9.98. The topological polar surface area (TPSA) is 63.2 Å². The van der Waals surface area contributed by atoms with Crippen LogP contribution in [0.5, 0.6) is 5.75 Å². The molecule has 3 N–H and O–H groups in total. The van der Waals surface area contributed by atoms with Crippen molar-refractivity contribution in [1.82, 2.24) is 0 Å². The fourth-order valence-corrected chi connectivity index (χ4v) is 1.15. The molecule has 0 saturated carbocycles. The zero-order chi connectivity index (χ0) is 11.1. The second-order valence-corrected chi connectivity index (χ2v) is 3.14. The van der Waals surface area contributed by atoms with E-state index in [1.54, 1.807) is 0 Å².